The van der Waals surface area contributed by atoms with Crippen molar-refractivity contribution in [2.24, 2.45) is 0 Å². The van der Waals surface area contributed by atoms with E-state index >= 15 is 0 Å². The first-order chi connectivity index (χ1) is 15.2. The molecule has 0 aliphatic heterocycles. The third-order valence-electron chi connectivity index (χ3n) is 4.81. The number of para-hydroxylation sites is 2. The van der Waals surface area contributed by atoms with Crippen molar-refractivity contribution < 1.29 is 4.42 Å². The normalized spacial score (nSPS) is 11.5. The predicted octanol–water partition coefficient (Wildman–Crippen LogP) is 4.43. The molecule has 0 unspecified atom stereocenters. The monoisotopic (exact) mass is 405 g/mol. The van der Waals surface area contributed by atoms with Crippen molar-refractivity contribution in [2.75, 3.05) is 0 Å². The fourth-order valence-corrected chi connectivity index (χ4v) is 3.33. The Hall–Kier alpha value is -4.70. The van der Waals surface area contributed by atoms with Gasteiger partial charge >= 0.3 is 0 Å². The van der Waals surface area contributed by atoms with Crippen molar-refractivity contribution in [2.45, 2.75) is 0 Å². The van der Waals surface area contributed by atoms with E-state index in [1.807, 2.05) is 36.5 Å². The Bertz CT molecular complexity index is 1500. The van der Waals surface area contributed by atoms with Crippen molar-refractivity contribution >= 4 is 22.6 Å². The number of hydrogen-bond donors (Lipinski definition) is 1. The Labute approximate surface area is 176 Å². The Morgan fingerprint density at radius 3 is 2.65 bits per heavy atom. The summed E-state index contributed by atoms with van der Waals surface area (Å²) >= 11 is 0. The average Bonchev–Trinajstić information content (AvgIpc) is 3.48. The minimum atomic E-state index is -0.298. The van der Waals surface area contributed by atoms with Crippen LogP contribution in [0.4, 0.5) is 0 Å². The van der Waals surface area contributed by atoms with Crippen LogP contribution < -0.4 is 5.56 Å². The molecule has 0 spiro atoms. The summed E-state index contributed by atoms with van der Waals surface area (Å²) in [5, 5.41) is 14.9. The van der Waals surface area contributed by atoms with Crippen molar-refractivity contribution in [1.82, 2.24) is 19.7 Å². The molecule has 0 aliphatic rings. The highest BCUT2D eigenvalue weighted by Crippen LogP contribution is 2.27. The molecule has 3 aromatic heterocycles. The zero-order chi connectivity index (χ0) is 21.2. The summed E-state index contributed by atoms with van der Waals surface area (Å²) in [6.07, 6.45) is 5.03. The van der Waals surface area contributed by atoms with Gasteiger partial charge in [0.25, 0.3) is 5.56 Å². The highest BCUT2D eigenvalue weighted by molar-refractivity contribution is 5.91. The lowest BCUT2D eigenvalue weighted by molar-refractivity contribution is 0.579. The minimum absolute atomic E-state index is 0.198. The largest absolute Gasteiger partial charge is 0.463 e. The van der Waals surface area contributed by atoms with Crippen molar-refractivity contribution in [3.8, 4) is 23.2 Å². The molecule has 0 fully saturated rings. The first kappa shape index (κ1) is 18.3. The molecule has 31 heavy (non-hydrogen) atoms. The van der Waals surface area contributed by atoms with Crippen molar-refractivity contribution in [3.63, 3.8) is 0 Å². The first-order valence-corrected chi connectivity index (χ1v) is 9.53. The lowest BCUT2D eigenvalue weighted by atomic mass is 10.1. The molecule has 5 rings (SSSR count). The number of aromatic nitrogens is 4. The second-order valence-electron chi connectivity index (χ2n) is 6.79. The maximum atomic E-state index is 12.5. The highest BCUT2D eigenvalue weighted by atomic mass is 16.3. The molecule has 148 valence electrons. The van der Waals surface area contributed by atoms with Gasteiger partial charge in [0.1, 0.15) is 11.8 Å². The van der Waals surface area contributed by atoms with E-state index < -0.39 is 0 Å². The van der Waals surface area contributed by atoms with Crippen LogP contribution in [0.3, 0.4) is 0 Å². The number of nitriles is 1. The third-order valence-corrected chi connectivity index (χ3v) is 4.81. The number of nitrogens with zero attached hydrogens (tertiary/aromatic N) is 4. The van der Waals surface area contributed by atoms with Gasteiger partial charge in [-0.1, -0.05) is 30.3 Å². The second-order valence-corrected chi connectivity index (χ2v) is 6.79. The van der Waals surface area contributed by atoms with Gasteiger partial charge in [-0.25, -0.2) is 9.67 Å². The lowest BCUT2D eigenvalue weighted by Crippen LogP contribution is -2.11. The number of nitrogens with one attached hydrogen (secondary N) is 1. The maximum Gasteiger partial charge on any atom is 0.259 e. The maximum absolute atomic E-state index is 12.5. The van der Waals surface area contributed by atoms with Crippen LogP contribution in [0.5, 0.6) is 0 Å². The van der Waals surface area contributed by atoms with E-state index in [0.29, 0.717) is 27.9 Å². The molecule has 0 atom stereocenters. The number of hydrogen-bond acceptors (Lipinski definition) is 5. The SMILES string of the molecule is N#CC(=Cc1cn(-c2ccccc2)nc1-c1ccco1)c1nc2ccccc2c(=O)[nH]1. The molecule has 0 saturated heterocycles. The zero-order valence-electron chi connectivity index (χ0n) is 16.2. The average molecular weight is 405 g/mol. The molecule has 0 amide bonds. The van der Waals surface area contributed by atoms with Gasteiger partial charge in [0, 0.05) is 11.8 Å². The van der Waals surface area contributed by atoms with Gasteiger partial charge in [-0.3, -0.25) is 4.79 Å². The molecule has 0 bridgehead atoms. The van der Waals surface area contributed by atoms with Gasteiger partial charge < -0.3 is 9.40 Å². The van der Waals surface area contributed by atoms with E-state index in [0.717, 1.165) is 5.69 Å². The van der Waals surface area contributed by atoms with Crippen LogP contribution in [0.15, 0.2) is 88.4 Å². The van der Waals surface area contributed by atoms with Gasteiger partial charge in [-0.2, -0.15) is 10.4 Å². The Morgan fingerprint density at radius 2 is 1.87 bits per heavy atom. The topological polar surface area (TPSA) is 100 Å². The molecule has 2 aromatic carbocycles. The predicted molar refractivity (Wildman–Crippen MR) is 117 cm³/mol. The number of allylic oxidation sites excluding steroid dienone is 1. The fourth-order valence-electron chi connectivity index (χ4n) is 3.33. The summed E-state index contributed by atoms with van der Waals surface area (Å²) in [5.74, 6) is 0.766. The van der Waals surface area contributed by atoms with E-state index in [9.17, 15) is 10.1 Å². The zero-order valence-corrected chi connectivity index (χ0v) is 16.2. The van der Waals surface area contributed by atoms with Gasteiger partial charge in [-0.05, 0) is 42.5 Å². The Balaban J connectivity index is 1.68. The van der Waals surface area contributed by atoms with Crippen LogP contribution in [0.1, 0.15) is 11.4 Å². The number of rotatable bonds is 4. The molecule has 3 heterocycles. The first-order valence-electron chi connectivity index (χ1n) is 9.53. The number of H-pyrrole nitrogens is 1. The van der Waals surface area contributed by atoms with Crippen LogP contribution in [0, 0.1) is 11.3 Å². The molecule has 1 N–H and O–H groups in total. The smallest absolute Gasteiger partial charge is 0.259 e. The van der Waals surface area contributed by atoms with E-state index in [2.05, 4.69) is 21.1 Å². The van der Waals surface area contributed by atoms with E-state index in [4.69, 9.17) is 4.42 Å². The number of aromatic amines is 1. The van der Waals surface area contributed by atoms with E-state index in [-0.39, 0.29) is 17.0 Å². The summed E-state index contributed by atoms with van der Waals surface area (Å²) in [5.41, 5.74) is 2.53. The summed E-state index contributed by atoms with van der Waals surface area (Å²) < 4.78 is 7.26. The molecular weight excluding hydrogens is 390 g/mol. The molecule has 0 aliphatic carbocycles. The molecule has 0 saturated carbocycles. The minimum Gasteiger partial charge on any atom is -0.463 e. The summed E-state index contributed by atoms with van der Waals surface area (Å²) in [7, 11) is 0. The van der Waals surface area contributed by atoms with Crippen molar-refractivity contribution in [3.05, 3.63) is 101 Å². The Kier molecular flexibility index (Phi) is 4.50. The molecular formula is C24H15N5O2. The summed E-state index contributed by atoms with van der Waals surface area (Å²) in [6.45, 7) is 0. The number of fused-ring (bicyclic) bond motifs is 1. The van der Waals surface area contributed by atoms with Gasteiger partial charge in [-0.15, -0.1) is 0 Å². The van der Waals surface area contributed by atoms with Gasteiger partial charge in [0.05, 0.1) is 28.4 Å². The van der Waals surface area contributed by atoms with Crippen LogP contribution in [0.2, 0.25) is 0 Å². The molecule has 0 radical (unpaired) electrons. The number of furan rings is 1. The standard InChI is InChI=1S/C24H15N5O2/c25-14-16(23-26-20-10-5-4-9-19(20)24(30)27-23)13-17-15-29(18-7-2-1-3-8-18)28-22(17)21-11-6-12-31-21/h1-13,15H,(H,26,27,30). The molecule has 7 heteroatoms. The summed E-state index contributed by atoms with van der Waals surface area (Å²) in [4.78, 5) is 19.6. The summed E-state index contributed by atoms with van der Waals surface area (Å²) in [6, 6.07) is 22.4. The van der Waals surface area contributed by atoms with Crippen LogP contribution in [-0.4, -0.2) is 19.7 Å². The van der Waals surface area contributed by atoms with Crippen LogP contribution in [0.25, 0.3) is 39.7 Å². The van der Waals surface area contributed by atoms with Gasteiger partial charge in [0.2, 0.25) is 0 Å². The second kappa shape index (κ2) is 7.61. The quantitative estimate of drug-likeness (QED) is 0.446. The molecule has 5 aromatic rings. The van der Waals surface area contributed by atoms with Gasteiger partial charge in [0.15, 0.2) is 11.6 Å². The number of benzene rings is 2. The van der Waals surface area contributed by atoms with Crippen LogP contribution in [-0.2, 0) is 0 Å². The van der Waals surface area contributed by atoms with Crippen molar-refractivity contribution in [1.29, 1.82) is 5.26 Å². The lowest BCUT2D eigenvalue weighted by Gasteiger charge is -2.02. The van der Waals surface area contributed by atoms with E-state index in [1.165, 1.54) is 0 Å². The molecule has 7 nitrogen and oxygen atoms in total. The highest BCUT2D eigenvalue weighted by Gasteiger charge is 2.16. The third kappa shape index (κ3) is 3.43. The van der Waals surface area contributed by atoms with Crippen LogP contribution >= 0.6 is 0 Å². The van der Waals surface area contributed by atoms with E-state index in [1.54, 1.807) is 53.4 Å². The Morgan fingerprint density at radius 1 is 1.06 bits per heavy atom. The fraction of sp³-hybridized carbons (Fsp3) is 0.